The van der Waals surface area contributed by atoms with Crippen LogP contribution in [0.5, 0.6) is 11.5 Å². The van der Waals surface area contributed by atoms with Crippen LogP contribution in [0.15, 0.2) is 42.5 Å². The lowest BCUT2D eigenvalue weighted by molar-refractivity contribution is -0.116. The van der Waals surface area contributed by atoms with E-state index in [1.165, 1.54) is 0 Å². The molecule has 5 heteroatoms. The topological polar surface area (TPSA) is 71.3 Å². The highest BCUT2D eigenvalue weighted by molar-refractivity contribution is 5.90. The summed E-state index contributed by atoms with van der Waals surface area (Å²) in [6.45, 7) is 0. The zero-order chi connectivity index (χ0) is 17.4. The smallest absolute Gasteiger partial charge is 0.224 e. The van der Waals surface area contributed by atoms with Crippen molar-refractivity contribution in [2.75, 3.05) is 19.5 Å². The number of anilines is 1. The molecule has 0 aliphatic carbocycles. The molecule has 0 radical (unpaired) electrons. The van der Waals surface area contributed by atoms with Gasteiger partial charge in [0.2, 0.25) is 5.91 Å². The molecule has 0 unspecified atom stereocenters. The van der Waals surface area contributed by atoms with Crippen LogP contribution < -0.4 is 14.8 Å². The van der Waals surface area contributed by atoms with Gasteiger partial charge in [-0.05, 0) is 48.7 Å². The van der Waals surface area contributed by atoms with Gasteiger partial charge < -0.3 is 14.8 Å². The van der Waals surface area contributed by atoms with E-state index in [2.05, 4.69) is 11.4 Å². The molecule has 124 valence electrons. The predicted octanol–water partition coefficient (Wildman–Crippen LogP) is 3.54. The number of carbonyl (C=O) groups excluding carboxylic acids is 1. The van der Waals surface area contributed by atoms with Gasteiger partial charge in [0.05, 0.1) is 25.9 Å². The number of amides is 1. The lowest BCUT2D eigenvalue weighted by Crippen LogP contribution is -2.11. The van der Waals surface area contributed by atoms with E-state index in [9.17, 15) is 4.79 Å². The maximum atomic E-state index is 12.0. The summed E-state index contributed by atoms with van der Waals surface area (Å²) >= 11 is 0. The van der Waals surface area contributed by atoms with Crippen LogP contribution in [0.4, 0.5) is 5.69 Å². The Morgan fingerprint density at radius 2 is 1.92 bits per heavy atom. The molecule has 0 aromatic heterocycles. The molecule has 0 bridgehead atoms. The Kier molecular flexibility index (Phi) is 6.21. The van der Waals surface area contributed by atoms with Gasteiger partial charge in [-0.1, -0.05) is 12.1 Å². The molecule has 1 amide bonds. The fourth-order valence-corrected chi connectivity index (χ4v) is 2.38. The third-order valence-corrected chi connectivity index (χ3v) is 3.59. The van der Waals surface area contributed by atoms with Gasteiger partial charge in [-0.25, -0.2) is 0 Å². The van der Waals surface area contributed by atoms with E-state index in [4.69, 9.17) is 14.7 Å². The SMILES string of the molecule is COc1ccc(CCCC(=O)Nc2cccc(C#N)c2)cc1OC. The highest BCUT2D eigenvalue weighted by Gasteiger charge is 2.07. The number of carbonyl (C=O) groups is 1. The summed E-state index contributed by atoms with van der Waals surface area (Å²) in [5, 5.41) is 11.7. The number of nitrogens with one attached hydrogen (secondary N) is 1. The van der Waals surface area contributed by atoms with E-state index in [0.717, 1.165) is 18.4 Å². The van der Waals surface area contributed by atoms with E-state index in [-0.39, 0.29) is 5.91 Å². The van der Waals surface area contributed by atoms with Gasteiger partial charge in [-0.2, -0.15) is 5.26 Å². The van der Waals surface area contributed by atoms with Crippen molar-refractivity contribution in [2.45, 2.75) is 19.3 Å². The molecule has 2 aromatic rings. The first-order valence-electron chi connectivity index (χ1n) is 7.67. The molecule has 0 aliphatic heterocycles. The summed E-state index contributed by atoms with van der Waals surface area (Å²) < 4.78 is 10.5. The van der Waals surface area contributed by atoms with Crippen LogP contribution in [0.25, 0.3) is 0 Å². The Balaban J connectivity index is 1.85. The lowest BCUT2D eigenvalue weighted by Gasteiger charge is -2.09. The first-order chi connectivity index (χ1) is 11.7. The molecule has 0 atom stereocenters. The van der Waals surface area contributed by atoms with Crippen molar-refractivity contribution in [3.05, 3.63) is 53.6 Å². The molecule has 2 rings (SSSR count). The van der Waals surface area contributed by atoms with Gasteiger partial charge in [-0.15, -0.1) is 0 Å². The molecular weight excluding hydrogens is 304 g/mol. The Morgan fingerprint density at radius 1 is 1.12 bits per heavy atom. The average molecular weight is 324 g/mol. The minimum absolute atomic E-state index is 0.0643. The summed E-state index contributed by atoms with van der Waals surface area (Å²) in [6, 6.07) is 14.7. The van der Waals surface area contributed by atoms with Gasteiger partial charge >= 0.3 is 0 Å². The normalized spacial score (nSPS) is 9.88. The zero-order valence-corrected chi connectivity index (χ0v) is 13.8. The number of nitrogens with zero attached hydrogens (tertiary/aromatic N) is 1. The van der Waals surface area contributed by atoms with Crippen LogP contribution in [0.3, 0.4) is 0 Å². The van der Waals surface area contributed by atoms with Crippen molar-refractivity contribution in [3.8, 4) is 17.6 Å². The molecule has 0 aliphatic rings. The average Bonchev–Trinajstić information content (AvgIpc) is 2.61. The Morgan fingerprint density at radius 3 is 2.62 bits per heavy atom. The number of ether oxygens (including phenoxy) is 2. The van der Waals surface area contributed by atoms with E-state index < -0.39 is 0 Å². The summed E-state index contributed by atoms with van der Waals surface area (Å²) in [5.74, 6) is 1.31. The van der Waals surface area contributed by atoms with Gasteiger partial charge in [0.15, 0.2) is 11.5 Å². The summed E-state index contributed by atoms with van der Waals surface area (Å²) in [5.41, 5.74) is 2.26. The monoisotopic (exact) mass is 324 g/mol. The van der Waals surface area contributed by atoms with Crippen molar-refractivity contribution < 1.29 is 14.3 Å². The summed E-state index contributed by atoms with van der Waals surface area (Å²) in [4.78, 5) is 12.0. The van der Waals surface area contributed by atoms with Crippen molar-refractivity contribution in [1.82, 2.24) is 0 Å². The fourth-order valence-electron chi connectivity index (χ4n) is 2.38. The second-order valence-corrected chi connectivity index (χ2v) is 5.28. The van der Waals surface area contributed by atoms with Crippen LogP contribution in [0.1, 0.15) is 24.0 Å². The van der Waals surface area contributed by atoms with E-state index in [1.54, 1.807) is 38.5 Å². The van der Waals surface area contributed by atoms with Crippen LogP contribution in [-0.4, -0.2) is 20.1 Å². The van der Waals surface area contributed by atoms with E-state index >= 15 is 0 Å². The standard InChI is InChI=1S/C19H20N2O3/c1-23-17-10-9-14(12-18(17)24-2)5-4-8-19(22)21-16-7-3-6-15(11-16)13-20/h3,6-7,9-12H,4-5,8H2,1-2H3,(H,21,22). The molecule has 1 N–H and O–H groups in total. The first-order valence-corrected chi connectivity index (χ1v) is 7.67. The first kappa shape index (κ1) is 17.4. The van der Waals surface area contributed by atoms with Gasteiger partial charge in [0.25, 0.3) is 0 Å². The second-order valence-electron chi connectivity index (χ2n) is 5.28. The lowest BCUT2D eigenvalue weighted by atomic mass is 10.1. The van der Waals surface area contributed by atoms with Crippen molar-refractivity contribution >= 4 is 11.6 Å². The number of methoxy groups -OCH3 is 2. The summed E-state index contributed by atoms with van der Waals surface area (Å²) in [7, 11) is 3.20. The second kappa shape index (κ2) is 8.59. The molecule has 0 heterocycles. The number of hydrogen-bond donors (Lipinski definition) is 1. The fraction of sp³-hybridized carbons (Fsp3) is 0.263. The number of rotatable bonds is 7. The molecule has 0 saturated carbocycles. The third kappa shape index (κ3) is 4.75. The zero-order valence-electron chi connectivity index (χ0n) is 13.8. The molecule has 24 heavy (non-hydrogen) atoms. The molecule has 0 saturated heterocycles. The number of hydrogen-bond acceptors (Lipinski definition) is 4. The Hall–Kier alpha value is -3.00. The van der Waals surface area contributed by atoms with Crippen molar-refractivity contribution in [2.24, 2.45) is 0 Å². The minimum atomic E-state index is -0.0643. The number of benzene rings is 2. The minimum Gasteiger partial charge on any atom is -0.493 e. The van der Waals surface area contributed by atoms with E-state index in [0.29, 0.717) is 29.2 Å². The van der Waals surface area contributed by atoms with Gasteiger partial charge in [-0.3, -0.25) is 4.79 Å². The summed E-state index contributed by atoms with van der Waals surface area (Å²) in [6.07, 6.45) is 1.90. The maximum Gasteiger partial charge on any atom is 0.224 e. The van der Waals surface area contributed by atoms with Crippen molar-refractivity contribution in [1.29, 1.82) is 5.26 Å². The molecule has 2 aromatic carbocycles. The van der Waals surface area contributed by atoms with Crippen molar-refractivity contribution in [3.63, 3.8) is 0 Å². The van der Waals surface area contributed by atoms with Gasteiger partial charge in [0, 0.05) is 12.1 Å². The molecular formula is C19H20N2O3. The van der Waals surface area contributed by atoms with Gasteiger partial charge in [0.1, 0.15) is 0 Å². The Bertz CT molecular complexity index is 751. The Labute approximate surface area is 141 Å². The maximum absolute atomic E-state index is 12.0. The highest BCUT2D eigenvalue weighted by Crippen LogP contribution is 2.28. The predicted molar refractivity (Wildman–Crippen MR) is 92.3 cm³/mol. The highest BCUT2D eigenvalue weighted by atomic mass is 16.5. The van der Waals surface area contributed by atoms with Crippen LogP contribution in [0, 0.1) is 11.3 Å². The largest absolute Gasteiger partial charge is 0.493 e. The number of aryl methyl sites for hydroxylation is 1. The van der Waals surface area contributed by atoms with Crippen LogP contribution in [-0.2, 0) is 11.2 Å². The number of nitriles is 1. The third-order valence-electron chi connectivity index (χ3n) is 3.59. The van der Waals surface area contributed by atoms with Crippen LogP contribution in [0.2, 0.25) is 0 Å². The molecule has 0 fully saturated rings. The van der Waals surface area contributed by atoms with Crippen LogP contribution >= 0.6 is 0 Å². The van der Waals surface area contributed by atoms with E-state index in [1.807, 2.05) is 18.2 Å². The quantitative estimate of drug-likeness (QED) is 0.845. The molecule has 5 nitrogen and oxygen atoms in total. The molecule has 0 spiro atoms.